The van der Waals surface area contributed by atoms with Crippen LogP contribution in [0, 0.1) is 6.92 Å². The first-order chi connectivity index (χ1) is 12.0. The van der Waals surface area contributed by atoms with Gasteiger partial charge >= 0.3 is 0 Å². The van der Waals surface area contributed by atoms with Crippen molar-refractivity contribution in [1.29, 1.82) is 0 Å². The van der Waals surface area contributed by atoms with Gasteiger partial charge in [0.05, 0.1) is 18.0 Å². The van der Waals surface area contributed by atoms with E-state index in [-0.39, 0.29) is 17.7 Å². The van der Waals surface area contributed by atoms with Crippen LogP contribution in [0.5, 0.6) is 0 Å². The number of carbonyl (C=O) groups excluding carboxylic acids is 1. The maximum atomic E-state index is 11.9. The van der Waals surface area contributed by atoms with Crippen molar-refractivity contribution in [2.75, 3.05) is 0 Å². The molecule has 0 aliphatic rings. The highest BCUT2D eigenvalue weighted by Gasteiger charge is 2.14. The SMILES string of the molecule is CCc1ccc(N=c2oc3c(C)ncc(CO)c3cc2C(N)=O)cc1. The summed E-state index contributed by atoms with van der Waals surface area (Å²) < 4.78 is 5.85. The van der Waals surface area contributed by atoms with Gasteiger partial charge in [0.2, 0.25) is 5.55 Å². The number of aryl methyl sites for hydroxylation is 2. The van der Waals surface area contributed by atoms with E-state index in [1.165, 1.54) is 5.56 Å². The summed E-state index contributed by atoms with van der Waals surface area (Å²) in [5.74, 6) is -0.645. The molecule has 0 saturated heterocycles. The van der Waals surface area contributed by atoms with Gasteiger partial charge in [-0.25, -0.2) is 4.99 Å². The fraction of sp³-hybridized carbons (Fsp3) is 0.211. The molecule has 6 heteroatoms. The summed E-state index contributed by atoms with van der Waals surface area (Å²) in [4.78, 5) is 20.5. The number of hydrogen-bond acceptors (Lipinski definition) is 5. The predicted octanol–water partition coefficient (Wildman–Crippen LogP) is 2.52. The van der Waals surface area contributed by atoms with Crippen LogP contribution >= 0.6 is 0 Å². The minimum absolute atomic E-state index is 0.129. The summed E-state index contributed by atoms with van der Waals surface area (Å²) in [5.41, 5.74) is 9.31. The Labute approximate surface area is 144 Å². The molecule has 2 heterocycles. The Balaban J connectivity index is 2.28. The molecule has 0 spiro atoms. The number of nitrogens with two attached hydrogens (primary N) is 1. The standard InChI is InChI=1S/C19H19N3O3/c1-3-12-4-6-14(7-5-12)22-19-16(18(20)24)8-15-13(10-23)9-21-11(2)17(15)25-19/h4-9,23H,3,10H2,1-2H3,(H2,20,24). The molecule has 3 N–H and O–H groups in total. The molecule has 3 rings (SSSR count). The zero-order chi connectivity index (χ0) is 18.0. The number of benzene rings is 1. The minimum atomic E-state index is -0.645. The lowest BCUT2D eigenvalue weighted by molar-refractivity contribution is 0.0996. The van der Waals surface area contributed by atoms with Crippen LogP contribution in [-0.2, 0) is 13.0 Å². The number of primary amides is 1. The van der Waals surface area contributed by atoms with Crippen molar-refractivity contribution in [2.45, 2.75) is 26.9 Å². The zero-order valence-electron chi connectivity index (χ0n) is 14.1. The van der Waals surface area contributed by atoms with E-state index in [1.807, 2.05) is 24.3 Å². The lowest BCUT2D eigenvalue weighted by Crippen LogP contribution is -2.22. The first kappa shape index (κ1) is 16.9. The molecule has 0 saturated carbocycles. The maximum Gasteiger partial charge on any atom is 0.254 e. The quantitative estimate of drug-likeness (QED) is 0.763. The van der Waals surface area contributed by atoms with Gasteiger partial charge in [-0.2, -0.15) is 0 Å². The summed E-state index contributed by atoms with van der Waals surface area (Å²) >= 11 is 0. The third-order valence-corrected chi connectivity index (χ3v) is 4.06. The van der Waals surface area contributed by atoms with Crippen molar-refractivity contribution < 1.29 is 14.3 Å². The number of aliphatic hydroxyl groups is 1. The van der Waals surface area contributed by atoms with Crippen molar-refractivity contribution >= 4 is 22.6 Å². The molecule has 6 nitrogen and oxygen atoms in total. The van der Waals surface area contributed by atoms with Crippen LogP contribution in [0.2, 0.25) is 0 Å². The molecule has 0 aliphatic heterocycles. The molecule has 0 atom stereocenters. The number of aromatic nitrogens is 1. The van der Waals surface area contributed by atoms with E-state index in [0.717, 1.165) is 6.42 Å². The van der Waals surface area contributed by atoms with E-state index in [0.29, 0.717) is 27.9 Å². The second-order valence-corrected chi connectivity index (χ2v) is 5.73. The number of nitrogens with zero attached hydrogens (tertiary/aromatic N) is 2. The van der Waals surface area contributed by atoms with E-state index in [2.05, 4.69) is 16.9 Å². The van der Waals surface area contributed by atoms with Crippen molar-refractivity contribution in [1.82, 2.24) is 4.98 Å². The monoisotopic (exact) mass is 337 g/mol. The smallest absolute Gasteiger partial charge is 0.254 e. The van der Waals surface area contributed by atoms with Gasteiger partial charge in [0, 0.05) is 17.1 Å². The summed E-state index contributed by atoms with van der Waals surface area (Å²) in [7, 11) is 0. The summed E-state index contributed by atoms with van der Waals surface area (Å²) in [5, 5.41) is 10.1. The normalized spacial score (nSPS) is 11.9. The molecule has 3 aromatic rings. The number of carbonyl (C=O) groups is 1. The molecule has 1 amide bonds. The Kier molecular flexibility index (Phi) is 4.63. The number of pyridine rings is 1. The van der Waals surface area contributed by atoms with E-state index in [9.17, 15) is 9.90 Å². The van der Waals surface area contributed by atoms with Crippen LogP contribution in [0.15, 0.2) is 45.9 Å². The Morgan fingerprint density at radius 1 is 1.32 bits per heavy atom. The number of rotatable bonds is 4. The lowest BCUT2D eigenvalue weighted by atomic mass is 10.1. The molecule has 0 radical (unpaired) electrons. The molecule has 0 bridgehead atoms. The number of aliphatic hydroxyl groups excluding tert-OH is 1. The van der Waals surface area contributed by atoms with E-state index >= 15 is 0 Å². The van der Waals surface area contributed by atoms with E-state index in [4.69, 9.17) is 10.2 Å². The van der Waals surface area contributed by atoms with Gasteiger partial charge in [0.1, 0.15) is 5.56 Å². The Bertz CT molecular complexity index is 1000. The van der Waals surface area contributed by atoms with Crippen molar-refractivity contribution in [3.63, 3.8) is 0 Å². The zero-order valence-corrected chi connectivity index (χ0v) is 14.1. The molecule has 128 valence electrons. The van der Waals surface area contributed by atoms with Gasteiger partial charge < -0.3 is 15.3 Å². The summed E-state index contributed by atoms with van der Waals surface area (Å²) in [6, 6.07) is 9.26. The predicted molar refractivity (Wildman–Crippen MR) is 94.2 cm³/mol. The van der Waals surface area contributed by atoms with Gasteiger partial charge in [0.25, 0.3) is 5.91 Å². The number of fused-ring (bicyclic) bond motifs is 1. The number of hydrogen-bond donors (Lipinski definition) is 2. The van der Waals surface area contributed by atoms with E-state index < -0.39 is 5.91 Å². The fourth-order valence-corrected chi connectivity index (χ4v) is 2.60. The van der Waals surface area contributed by atoms with Gasteiger partial charge in [-0.05, 0) is 37.1 Å². The second kappa shape index (κ2) is 6.86. The minimum Gasteiger partial charge on any atom is -0.436 e. The van der Waals surface area contributed by atoms with Crippen LogP contribution in [0.4, 0.5) is 5.69 Å². The van der Waals surface area contributed by atoms with E-state index in [1.54, 1.807) is 19.2 Å². The molecule has 0 aliphatic carbocycles. The van der Waals surface area contributed by atoms with Crippen molar-refractivity contribution in [3.05, 3.63) is 64.5 Å². The molecule has 25 heavy (non-hydrogen) atoms. The molecule has 1 aromatic carbocycles. The van der Waals surface area contributed by atoms with Crippen molar-refractivity contribution in [2.24, 2.45) is 10.7 Å². The van der Waals surface area contributed by atoms with Crippen LogP contribution in [0.25, 0.3) is 11.0 Å². The van der Waals surface area contributed by atoms with Gasteiger partial charge in [0.15, 0.2) is 5.58 Å². The second-order valence-electron chi connectivity index (χ2n) is 5.73. The Hall–Kier alpha value is -2.99. The molecule has 2 aromatic heterocycles. The average molecular weight is 337 g/mol. The third-order valence-electron chi connectivity index (χ3n) is 4.06. The van der Waals surface area contributed by atoms with Crippen LogP contribution in [0.3, 0.4) is 0 Å². The van der Waals surface area contributed by atoms with Gasteiger partial charge in [-0.15, -0.1) is 0 Å². The number of amides is 1. The maximum absolute atomic E-state index is 11.9. The Morgan fingerprint density at radius 2 is 2.04 bits per heavy atom. The van der Waals surface area contributed by atoms with Crippen LogP contribution in [0.1, 0.15) is 34.1 Å². The summed E-state index contributed by atoms with van der Waals surface area (Å²) in [6.45, 7) is 3.65. The first-order valence-electron chi connectivity index (χ1n) is 8.00. The highest BCUT2D eigenvalue weighted by atomic mass is 16.3. The highest BCUT2D eigenvalue weighted by Crippen LogP contribution is 2.21. The average Bonchev–Trinajstić information content (AvgIpc) is 2.62. The van der Waals surface area contributed by atoms with Gasteiger partial charge in [-0.3, -0.25) is 9.78 Å². The third kappa shape index (κ3) is 3.29. The van der Waals surface area contributed by atoms with Gasteiger partial charge in [-0.1, -0.05) is 19.1 Å². The topological polar surface area (TPSA) is 102 Å². The fourth-order valence-electron chi connectivity index (χ4n) is 2.60. The molecular weight excluding hydrogens is 318 g/mol. The van der Waals surface area contributed by atoms with Crippen LogP contribution in [-0.4, -0.2) is 16.0 Å². The molecule has 0 fully saturated rings. The first-order valence-corrected chi connectivity index (χ1v) is 8.00. The van der Waals surface area contributed by atoms with Crippen molar-refractivity contribution in [3.8, 4) is 0 Å². The highest BCUT2D eigenvalue weighted by molar-refractivity contribution is 5.96. The lowest BCUT2D eigenvalue weighted by Gasteiger charge is -2.07. The largest absolute Gasteiger partial charge is 0.436 e. The van der Waals surface area contributed by atoms with Crippen LogP contribution < -0.4 is 11.3 Å². The molecular formula is C19H19N3O3. The summed E-state index contributed by atoms with van der Waals surface area (Å²) in [6.07, 6.45) is 2.49. The molecule has 0 unspecified atom stereocenters. The Morgan fingerprint density at radius 3 is 2.64 bits per heavy atom.